The highest BCUT2D eigenvalue weighted by Crippen LogP contribution is 2.35. The minimum Gasteiger partial charge on any atom is -0.474 e. The Labute approximate surface area is 162 Å². The van der Waals surface area contributed by atoms with Crippen LogP contribution in [0.3, 0.4) is 0 Å². The van der Waals surface area contributed by atoms with Crippen LogP contribution in [-0.4, -0.2) is 25.9 Å². The third-order valence-electron chi connectivity index (χ3n) is 5.22. The molecule has 1 aliphatic rings. The second-order valence-electron chi connectivity index (χ2n) is 7.09. The molecule has 0 radical (unpaired) electrons. The maximum atomic E-state index is 12.8. The van der Waals surface area contributed by atoms with E-state index in [-0.39, 0.29) is 17.6 Å². The quantitative estimate of drug-likeness (QED) is 0.620. The smallest absolute Gasteiger partial charge is 0.263 e. The summed E-state index contributed by atoms with van der Waals surface area (Å²) in [6, 6.07) is 12.0. The van der Waals surface area contributed by atoms with Crippen LogP contribution in [0.4, 0.5) is 8.78 Å². The van der Waals surface area contributed by atoms with E-state index < -0.39 is 6.43 Å². The molecule has 2 heterocycles. The van der Waals surface area contributed by atoms with Gasteiger partial charge < -0.3 is 4.74 Å². The highest BCUT2D eigenvalue weighted by atomic mass is 19.3. The highest BCUT2D eigenvalue weighted by Gasteiger charge is 2.28. The number of rotatable bonds is 5. The van der Waals surface area contributed by atoms with E-state index >= 15 is 0 Å². The molecular weight excluding hydrogens is 362 g/mol. The Balaban J connectivity index is 1.47. The Bertz CT molecular complexity index is 904. The molecule has 0 spiro atoms. The van der Waals surface area contributed by atoms with Crippen molar-refractivity contribution in [1.82, 2.24) is 19.7 Å². The van der Waals surface area contributed by atoms with Crippen LogP contribution < -0.4 is 4.74 Å². The summed E-state index contributed by atoms with van der Waals surface area (Å²) in [6.07, 6.45) is 3.11. The van der Waals surface area contributed by atoms with Crippen LogP contribution >= 0.6 is 0 Å². The number of ether oxygens (including phenoxy) is 1. The van der Waals surface area contributed by atoms with Gasteiger partial charge in [-0.2, -0.15) is 0 Å². The fraction of sp³-hybridized carbons (Fsp3) is 0.381. The highest BCUT2D eigenvalue weighted by molar-refractivity contribution is 5.37. The molecule has 28 heavy (non-hydrogen) atoms. The summed E-state index contributed by atoms with van der Waals surface area (Å²) in [5.41, 5.74) is 0.831. The Morgan fingerprint density at radius 1 is 1.00 bits per heavy atom. The summed E-state index contributed by atoms with van der Waals surface area (Å²) in [7, 11) is 0. The second kappa shape index (κ2) is 8.04. The van der Waals surface area contributed by atoms with Crippen LogP contribution in [0.2, 0.25) is 0 Å². The SMILES string of the molecule is Cc1nnc([C@H]2CC[C@H](Oc3ccccn3)CC2)n1-c1ccc(C(F)F)cc1. The molecule has 0 amide bonds. The van der Waals surface area contributed by atoms with Crippen molar-refractivity contribution in [3.8, 4) is 11.6 Å². The first-order valence-electron chi connectivity index (χ1n) is 9.50. The van der Waals surface area contributed by atoms with Crippen LogP contribution in [-0.2, 0) is 0 Å². The van der Waals surface area contributed by atoms with Gasteiger partial charge in [0.05, 0.1) is 0 Å². The Hall–Kier alpha value is -2.83. The van der Waals surface area contributed by atoms with Gasteiger partial charge in [-0.15, -0.1) is 10.2 Å². The standard InChI is InChI=1S/C21H22F2N4O/c1-14-25-26-21(27(14)17-9-5-15(6-10-17)20(22)23)16-7-11-18(12-8-16)28-19-4-2-3-13-24-19/h2-6,9-10,13,16,18,20H,7-8,11-12H2,1H3/t16-,18-. The van der Waals surface area contributed by atoms with Crippen molar-refractivity contribution < 1.29 is 13.5 Å². The molecule has 0 bridgehead atoms. The van der Waals surface area contributed by atoms with Crippen molar-refractivity contribution in [2.24, 2.45) is 0 Å². The predicted octanol–water partition coefficient (Wildman–Crippen LogP) is 5.01. The van der Waals surface area contributed by atoms with Gasteiger partial charge in [0.2, 0.25) is 5.88 Å². The molecule has 1 aromatic carbocycles. The van der Waals surface area contributed by atoms with Crippen molar-refractivity contribution in [1.29, 1.82) is 0 Å². The van der Waals surface area contributed by atoms with E-state index in [2.05, 4.69) is 15.2 Å². The predicted molar refractivity (Wildman–Crippen MR) is 101 cm³/mol. The van der Waals surface area contributed by atoms with Crippen molar-refractivity contribution >= 4 is 0 Å². The van der Waals surface area contributed by atoms with Crippen molar-refractivity contribution in [2.45, 2.75) is 51.1 Å². The summed E-state index contributed by atoms with van der Waals surface area (Å²) in [5.74, 6) is 2.56. The molecule has 5 nitrogen and oxygen atoms in total. The molecule has 0 saturated heterocycles. The number of aromatic nitrogens is 4. The number of aryl methyl sites for hydroxylation is 1. The first-order chi connectivity index (χ1) is 13.6. The fourth-order valence-electron chi connectivity index (χ4n) is 3.76. The maximum Gasteiger partial charge on any atom is 0.263 e. The molecule has 7 heteroatoms. The summed E-state index contributed by atoms with van der Waals surface area (Å²) in [6.45, 7) is 1.88. The molecule has 1 fully saturated rings. The van der Waals surface area contributed by atoms with Crippen molar-refractivity contribution in [2.75, 3.05) is 0 Å². The summed E-state index contributed by atoms with van der Waals surface area (Å²) < 4.78 is 33.6. The molecule has 146 valence electrons. The third kappa shape index (κ3) is 3.88. The van der Waals surface area contributed by atoms with Gasteiger partial charge in [0.15, 0.2) is 0 Å². The lowest BCUT2D eigenvalue weighted by Crippen LogP contribution is -2.25. The van der Waals surface area contributed by atoms with Crippen LogP contribution in [0, 0.1) is 6.92 Å². The normalized spacial score (nSPS) is 19.7. The summed E-state index contributed by atoms with van der Waals surface area (Å²) in [5, 5.41) is 8.63. The monoisotopic (exact) mass is 384 g/mol. The zero-order valence-corrected chi connectivity index (χ0v) is 15.6. The van der Waals surface area contributed by atoms with Gasteiger partial charge in [0, 0.05) is 29.4 Å². The molecule has 2 aromatic heterocycles. The maximum absolute atomic E-state index is 12.8. The Kier molecular flexibility index (Phi) is 5.32. The Morgan fingerprint density at radius 2 is 1.75 bits per heavy atom. The average Bonchev–Trinajstić information content (AvgIpc) is 3.11. The molecule has 1 saturated carbocycles. The zero-order valence-electron chi connectivity index (χ0n) is 15.6. The average molecular weight is 384 g/mol. The van der Waals surface area contributed by atoms with Gasteiger partial charge in [-0.05, 0) is 50.8 Å². The molecule has 0 aliphatic heterocycles. The molecule has 1 aliphatic carbocycles. The van der Waals surface area contributed by atoms with Gasteiger partial charge in [0.25, 0.3) is 6.43 Å². The lowest BCUT2D eigenvalue weighted by molar-refractivity contribution is 0.139. The largest absolute Gasteiger partial charge is 0.474 e. The first-order valence-corrected chi connectivity index (χ1v) is 9.50. The minimum atomic E-state index is -2.47. The third-order valence-corrected chi connectivity index (χ3v) is 5.22. The minimum absolute atomic E-state index is 0.0169. The fourth-order valence-corrected chi connectivity index (χ4v) is 3.76. The van der Waals surface area contributed by atoms with E-state index in [4.69, 9.17) is 4.74 Å². The van der Waals surface area contributed by atoms with E-state index in [1.165, 1.54) is 12.1 Å². The number of benzene rings is 1. The van der Waals surface area contributed by atoms with Crippen molar-refractivity contribution in [3.05, 3.63) is 65.9 Å². The number of hydrogen-bond acceptors (Lipinski definition) is 4. The van der Waals surface area contributed by atoms with E-state index in [9.17, 15) is 8.78 Å². The van der Waals surface area contributed by atoms with Crippen LogP contribution in [0.5, 0.6) is 5.88 Å². The van der Waals surface area contributed by atoms with E-state index in [1.54, 1.807) is 18.3 Å². The van der Waals surface area contributed by atoms with E-state index in [0.717, 1.165) is 43.0 Å². The van der Waals surface area contributed by atoms with Crippen LogP contribution in [0.15, 0.2) is 48.7 Å². The molecule has 0 unspecified atom stereocenters. The second-order valence-corrected chi connectivity index (χ2v) is 7.09. The molecule has 0 atom stereocenters. The number of alkyl halides is 2. The number of hydrogen-bond donors (Lipinski definition) is 0. The van der Waals surface area contributed by atoms with Crippen LogP contribution in [0.25, 0.3) is 5.69 Å². The first kappa shape index (κ1) is 18.5. The van der Waals surface area contributed by atoms with E-state index in [0.29, 0.717) is 5.88 Å². The molecular formula is C21H22F2N4O. The molecule has 4 rings (SSSR count). The van der Waals surface area contributed by atoms with Gasteiger partial charge >= 0.3 is 0 Å². The van der Waals surface area contributed by atoms with Gasteiger partial charge in [0.1, 0.15) is 17.8 Å². The zero-order chi connectivity index (χ0) is 19.5. The lowest BCUT2D eigenvalue weighted by atomic mass is 9.86. The summed E-state index contributed by atoms with van der Waals surface area (Å²) in [4.78, 5) is 4.22. The Morgan fingerprint density at radius 3 is 2.39 bits per heavy atom. The van der Waals surface area contributed by atoms with Gasteiger partial charge in [-0.3, -0.25) is 4.57 Å². The van der Waals surface area contributed by atoms with Gasteiger partial charge in [-0.25, -0.2) is 13.8 Å². The lowest BCUT2D eigenvalue weighted by Gasteiger charge is -2.28. The number of halogens is 2. The van der Waals surface area contributed by atoms with Gasteiger partial charge in [-0.1, -0.05) is 18.2 Å². The van der Waals surface area contributed by atoms with Crippen molar-refractivity contribution in [3.63, 3.8) is 0 Å². The van der Waals surface area contributed by atoms with Crippen LogP contribution in [0.1, 0.15) is 55.2 Å². The number of pyridine rings is 1. The van der Waals surface area contributed by atoms with E-state index in [1.807, 2.05) is 29.7 Å². The molecule has 0 N–H and O–H groups in total. The molecule has 3 aromatic rings. The topological polar surface area (TPSA) is 52.8 Å². The number of nitrogens with zero attached hydrogens (tertiary/aromatic N) is 4. The summed E-state index contributed by atoms with van der Waals surface area (Å²) >= 11 is 0.